The topological polar surface area (TPSA) is 71.8 Å². The molecule has 1 aromatic carbocycles. The molecule has 188 valence electrons. The second-order valence-corrected chi connectivity index (χ2v) is 9.38. The van der Waals surface area contributed by atoms with Crippen LogP contribution >= 0.6 is 0 Å². The highest BCUT2D eigenvalue weighted by molar-refractivity contribution is 5.92. The first kappa shape index (κ1) is 24.0. The highest BCUT2D eigenvalue weighted by Crippen LogP contribution is 2.36. The van der Waals surface area contributed by atoms with Crippen LogP contribution in [0.4, 0.5) is 24.7 Å². The second kappa shape index (κ2) is 8.76. The molecule has 0 radical (unpaired) electrons. The molecule has 10 heteroatoms. The number of anilines is 2. The average Bonchev–Trinajstić information content (AvgIpc) is 3.12. The number of nitrogens with zero attached hydrogens (tertiary/aromatic N) is 6. The van der Waals surface area contributed by atoms with Gasteiger partial charge in [-0.3, -0.25) is 4.98 Å². The van der Waals surface area contributed by atoms with Crippen LogP contribution < -0.4 is 10.2 Å². The van der Waals surface area contributed by atoms with Crippen molar-refractivity contribution in [3.8, 4) is 0 Å². The molecule has 5 rings (SSSR count). The monoisotopic (exact) mass is 495 g/mol. The van der Waals surface area contributed by atoms with Gasteiger partial charge < -0.3 is 14.8 Å². The van der Waals surface area contributed by atoms with E-state index in [2.05, 4.69) is 36.9 Å². The molecule has 0 unspecified atom stereocenters. The number of alkyl halides is 3. The van der Waals surface area contributed by atoms with E-state index in [0.717, 1.165) is 41.7 Å². The summed E-state index contributed by atoms with van der Waals surface area (Å²) in [5.41, 5.74) is 4.68. The van der Waals surface area contributed by atoms with Crippen LogP contribution in [-0.4, -0.2) is 31.3 Å². The standard InChI is InChI=1S/C26H28F3N7/c1-14-20(7-6-8-22(14)26(27,28)29)16(3)32-25-21-11-19(12-30-24(21)17(4)33-34-25)35-9-10-36-18(5)15(2)31-23(36)13-35/h6-8,11-12,16H,9-10,13H2,1-5H3,(H,32,34)/t16-/m1/s1. The van der Waals surface area contributed by atoms with Crippen LogP contribution in [0.3, 0.4) is 0 Å². The van der Waals surface area contributed by atoms with Crippen LogP contribution in [0.25, 0.3) is 10.9 Å². The van der Waals surface area contributed by atoms with Gasteiger partial charge in [-0.05, 0) is 57.9 Å². The van der Waals surface area contributed by atoms with Crippen molar-refractivity contribution < 1.29 is 13.2 Å². The van der Waals surface area contributed by atoms with Crippen LogP contribution in [0.1, 0.15) is 52.6 Å². The summed E-state index contributed by atoms with van der Waals surface area (Å²) < 4.78 is 42.6. The molecule has 0 amide bonds. The van der Waals surface area contributed by atoms with Gasteiger partial charge in [-0.25, -0.2) is 4.98 Å². The van der Waals surface area contributed by atoms with Gasteiger partial charge in [0.05, 0.1) is 46.9 Å². The number of rotatable bonds is 4. The molecule has 4 heterocycles. The summed E-state index contributed by atoms with van der Waals surface area (Å²) in [6.07, 6.45) is -2.57. The van der Waals surface area contributed by atoms with E-state index < -0.39 is 17.8 Å². The van der Waals surface area contributed by atoms with Gasteiger partial charge in [0.2, 0.25) is 0 Å². The minimum absolute atomic E-state index is 0.197. The molecule has 0 bridgehead atoms. The third-order valence-corrected chi connectivity index (χ3v) is 7.10. The lowest BCUT2D eigenvalue weighted by atomic mass is 9.97. The summed E-state index contributed by atoms with van der Waals surface area (Å²) >= 11 is 0. The number of hydrogen-bond donors (Lipinski definition) is 1. The predicted molar refractivity (Wildman–Crippen MR) is 133 cm³/mol. The maximum absolute atomic E-state index is 13.4. The van der Waals surface area contributed by atoms with Gasteiger partial charge in [0, 0.05) is 24.2 Å². The summed E-state index contributed by atoms with van der Waals surface area (Å²) in [7, 11) is 0. The average molecular weight is 496 g/mol. The van der Waals surface area contributed by atoms with Crippen molar-refractivity contribution >= 4 is 22.4 Å². The maximum atomic E-state index is 13.4. The number of imidazole rings is 1. The smallest absolute Gasteiger partial charge is 0.361 e. The molecule has 0 saturated carbocycles. The van der Waals surface area contributed by atoms with E-state index in [4.69, 9.17) is 4.98 Å². The van der Waals surface area contributed by atoms with Crippen molar-refractivity contribution in [3.63, 3.8) is 0 Å². The number of nitrogens with one attached hydrogen (secondary N) is 1. The van der Waals surface area contributed by atoms with Crippen molar-refractivity contribution in [1.82, 2.24) is 24.7 Å². The van der Waals surface area contributed by atoms with Crippen LogP contribution in [0.15, 0.2) is 30.5 Å². The van der Waals surface area contributed by atoms with Gasteiger partial charge >= 0.3 is 6.18 Å². The zero-order valence-corrected chi connectivity index (χ0v) is 20.9. The van der Waals surface area contributed by atoms with E-state index in [0.29, 0.717) is 29.1 Å². The van der Waals surface area contributed by atoms with E-state index in [9.17, 15) is 13.2 Å². The number of hydrogen-bond acceptors (Lipinski definition) is 6. The molecule has 7 nitrogen and oxygen atoms in total. The molecular formula is C26H28F3N7. The summed E-state index contributed by atoms with van der Waals surface area (Å²) in [6.45, 7) is 11.6. The van der Waals surface area contributed by atoms with E-state index in [1.165, 1.54) is 18.7 Å². The maximum Gasteiger partial charge on any atom is 0.416 e. The van der Waals surface area contributed by atoms with Crippen LogP contribution in [-0.2, 0) is 19.3 Å². The Morgan fingerprint density at radius 1 is 1.03 bits per heavy atom. The molecule has 1 aliphatic heterocycles. The molecule has 0 fully saturated rings. The Morgan fingerprint density at radius 3 is 2.56 bits per heavy atom. The van der Waals surface area contributed by atoms with Gasteiger partial charge in [0.25, 0.3) is 0 Å². The molecule has 36 heavy (non-hydrogen) atoms. The number of pyridine rings is 1. The van der Waals surface area contributed by atoms with Gasteiger partial charge in [-0.15, -0.1) is 5.10 Å². The number of benzene rings is 1. The van der Waals surface area contributed by atoms with Crippen LogP contribution in [0.2, 0.25) is 0 Å². The van der Waals surface area contributed by atoms with Crippen molar-refractivity contribution in [2.24, 2.45) is 0 Å². The minimum Gasteiger partial charge on any atom is -0.361 e. The third kappa shape index (κ3) is 4.14. The van der Waals surface area contributed by atoms with E-state index in [1.54, 1.807) is 6.07 Å². The SMILES string of the molecule is Cc1nc2n(c1C)CCN(c1cnc3c(C)nnc(N[C@H](C)c4cccc(C(F)(F)F)c4C)c3c1)C2. The Bertz CT molecular complexity index is 1460. The highest BCUT2D eigenvalue weighted by atomic mass is 19.4. The fraction of sp³-hybridized carbons (Fsp3) is 0.385. The van der Waals surface area contributed by atoms with Crippen molar-refractivity contribution in [2.75, 3.05) is 16.8 Å². The summed E-state index contributed by atoms with van der Waals surface area (Å²) in [4.78, 5) is 11.6. The Hall–Kier alpha value is -3.69. The van der Waals surface area contributed by atoms with Gasteiger partial charge in [0.1, 0.15) is 5.82 Å². The fourth-order valence-corrected chi connectivity index (χ4v) is 4.97. The molecule has 1 N–H and O–H groups in total. The van der Waals surface area contributed by atoms with Gasteiger partial charge in [-0.2, -0.15) is 18.3 Å². The summed E-state index contributed by atoms with van der Waals surface area (Å²) in [5, 5.41) is 12.7. The zero-order chi connectivity index (χ0) is 25.8. The lowest BCUT2D eigenvalue weighted by Crippen LogP contribution is -2.34. The summed E-state index contributed by atoms with van der Waals surface area (Å²) in [5.74, 6) is 1.51. The minimum atomic E-state index is -4.41. The molecule has 4 aromatic rings. The largest absolute Gasteiger partial charge is 0.416 e. The Kier molecular flexibility index (Phi) is 5.84. The predicted octanol–water partition coefficient (Wildman–Crippen LogP) is 5.67. The van der Waals surface area contributed by atoms with E-state index in [1.807, 2.05) is 33.0 Å². The first-order valence-corrected chi connectivity index (χ1v) is 11.9. The number of fused-ring (bicyclic) bond motifs is 2. The van der Waals surface area contributed by atoms with Gasteiger partial charge in [-0.1, -0.05) is 12.1 Å². The van der Waals surface area contributed by atoms with E-state index in [-0.39, 0.29) is 5.56 Å². The third-order valence-electron chi connectivity index (χ3n) is 7.10. The number of halogens is 3. The van der Waals surface area contributed by atoms with Crippen LogP contribution in [0.5, 0.6) is 0 Å². The van der Waals surface area contributed by atoms with Crippen LogP contribution in [0, 0.1) is 27.7 Å². The molecule has 1 atom stereocenters. The summed E-state index contributed by atoms with van der Waals surface area (Å²) in [6, 6.07) is 5.84. The van der Waals surface area contributed by atoms with Crippen molar-refractivity contribution in [1.29, 1.82) is 0 Å². The lowest BCUT2D eigenvalue weighted by Gasteiger charge is -2.30. The number of aromatic nitrogens is 5. The fourth-order valence-electron chi connectivity index (χ4n) is 4.97. The zero-order valence-electron chi connectivity index (χ0n) is 20.9. The quantitative estimate of drug-likeness (QED) is 0.394. The molecule has 3 aromatic heterocycles. The van der Waals surface area contributed by atoms with Crippen molar-refractivity contribution in [2.45, 2.75) is 59.9 Å². The molecule has 1 aliphatic rings. The Balaban J connectivity index is 1.49. The highest BCUT2D eigenvalue weighted by Gasteiger charge is 2.33. The first-order valence-electron chi connectivity index (χ1n) is 11.9. The molecule has 0 aliphatic carbocycles. The molecular weight excluding hydrogens is 467 g/mol. The lowest BCUT2D eigenvalue weighted by molar-refractivity contribution is -0.138. The molecule has 0 spiro atoms. The normalized spacial score (nSPS) is 14.7. The second-order valence-electron chi connectivity index (χ2n) is 9.38. The van der Waals surface area contributed by atoms with E-state index >= 15 is 0 Å². The Labute approximate surface area is 207 Å². The van der Waals surface area contributed by atoms with Gasteiger partial charge in [0.15, 0.2) is 5.82 Å². The molecule has 0 saturated heterocycles. The first-order chi connectivity index (χ1) is 17.0. The van der Waals surface area contributed by atoms with Crippen molar-refractivity contribution in [3.05, 3.63) is 70.1 Å². The Morgan fingerprint density at radius 2 is 1.81 bits per heavy atom. The number of aryl methyl sites for hydroxylation is 2.